The third-order valence-electron chi connectivity index (χ3n) is 3.60. The Morgan fingerprint density at radius 2 is 1.88 bits per heavy atom. The van der Waals surface area contributed by atoms with E-state index in [2.05, 4.69) is 37.5 Å². The van der Waals surface area contributed by atoms with Crippen LogP contribution in [0, 0.1) is 6.92 Å². The molecule has 0 bridgehead atoms. The zero-order valence-electron chi connectivity index (χ0n) is 14.7. The Hall–Kier alpha value is -1.91. The van der Waals surface area contributed by atoms with Gasteiger partial charge in [-0.2, -0.15) is 0 Å². The summed E-state index contributed by atoms with van der Waals surface area (Å²) in [6.07, 6.45) is 0. The molecule has 4 nitrogen and oxygen atoms in total. The fourth-order valence-corrected chi connectivity index (χ4v) is 2.65. The molecule has 0 unspecified atom stereocenters. The molecule has 25 heavy (non-hydrogen) atoms. The lowest BCUT2D eigenvalue weighted by Crippen LogP contribution is -2.32. The van der Waals surface area contributed by atoms with Crippen molar-refractivity contribution in [1.82, 2.24) is 5.32 Å². The number of aryl methyl sites for hydroxylation is 1. The van der Waals surface area contributed by atoms with E-state index in [1.807, 2.05) is 19.1 Å². The van der Waals surface area contributed by atoms with Gasteiger partial charge in [-0.25, -0.2) is 4.79 Å². The molecule has 0 aliphatic heterocycles. The van der Waals surface area contributed by atoms with Crippen LogP contribution < -0.4 is 15.4 Å². The van der Waals surface area contributed by atoms with Gasteiger partial charge in [0.1, 0.15) is 5.75 Å². The number of anilines is 1. The van der Waals surface area contributed by atoms with E-state index in [0.29, 0.717) is 15.7 Å². The van der Waals surface area contributed by atoms with E-state index < -0.39 is 6.03 Å². The van der Waals surface area contributed by atoms with E-state index in [0.717, 1.165) is 11.3 Å². The van der Waals surface area contributed by atoms with E-state index in [1.165, 1.54) is 5.56 Å². The number of amides is 2. The maximum absolute atomic E-state index is 12.0. The van der Waals surface area contributed by atoms with Crippen LogP contribution in [0.15, 0.2) is 36.4 Å². The van der Waals surface area contributed by atoms with Crippen molar-refractivity contribution in [3.8, 4) is 5.75 Å². The van der Waals surface area contributed by atoms with Gasteiger partial charge in [0.25, 0.3) is 0 Å². The van der Waals surface area contributed by atoms with Crippen LogP contribution in [0.3, 0.4) is 0 Å². The van der Waals surface area contributed by atoms with E-state index in [9.17, 15) is 4.79 Å². The van der Waals surface area contributed by atoms with Crippen LogP contribution in [0.4, 0.5) is 10.5 Å². The first-order valence-corrected chi connectivity index (χ1v) is 8.67. The molecule has 0 fully saturated rings. The van der Waals surface area contributed by atoms with Gasteiger partial charge in [0.2, 0.25) is 0 Å². The number of hydrogen-bond acceptors (Lipinski definition) is 2. The van der Waals surface area contributed by atoms with Crippen molar-refractivity contribution in [2.75, 3.05) is 12.0 Å². The summed E-state index contributed by atoms with van der Waals surface area (Å²) >= 11 is 12.0. The van der Waals surface area contributed by atoms with E-state index in [1.54, 1.807) is 18.2 Å². The third-order valence-corrected chi connectivity index (χ3v) is 4.42. The summed E-state index contributed by atoms with van der Waals surface area (Å²) in [4.78, 5) is 12.0. The Bertz CT molecular complexity index is 771. The molecule has 0 aromatic heterocycles. The molecule has 2 N–H and O–H groups in total. The van der Waals surface area contributed by atoms with Crippen LogP contribution in [0.1, 0.15) is 31.9 Å². The van der Waals surface area contributed by atoms with Gasteiger partial charge < -0.3 is 15.4 Å². The zero-order chi connectivity index (χ0) is 18.6. The standard InChI is InChI=1S/C19H22Cl2N2O2/c1-12-8-9-16(13(10-12)19(2,3)4)25-11-22-18(24)23-15-7-5-6-14(20)17(15)21/h5-10H,11H2,1-4H3,(H2,22,23,24). The topological polar surface area (TPSA) is 50.4 Å². The second-order valence-corrected chi connectivity index (χ2v) is 7.56. The van der Waals surface area contributed by atoms with Crippen LogP contribution in [-0.4, -0.2) is 12.8 Å². The normalized spacial score (nSPS) is 11.1. The molecule has 0 saturated carbocycles. The lowest BCUT2D eigenvalue weighted by Gasteiger charge is -2.23. The Morgan fingerprint density at radius 1 is 1.16 bits per heavy atom. The maximum Gasteiger partial charge on any atom is 0.321 e. The van der Waals surface area contributed by atoms with Gasteiger partial charge in [0, 0.05) is 0 Å². The zero-order valence-corrected chi connectivity index (χ0v) is 16.3. The number of benzene rings is 2. The molecule has 134 valence electrons. The molecule has 0 aliphatic carbocycles. The fourth-order valence-electron chi connectivity index (χ4n) is 2.30. The van der Waals surface area contributed by atoms with Crippen LogP contribution in [0.25, 0.3) is 0 Å². The average Bonchev–Trinajstić information content (AvgIpc) is 2.52. The van der Waals surface area contributed by atoms with Crippen molar-refractivity contribution in [2.45, 2.75) is 33.1 Å². The number of carbonyl (C=O) groups excluding carboxylic acids is 1. The summed E-state index contributed by atoms with van der Waals surface area (Å²) in [5.74, 6) is 0.749. The highest BCUT2D eigenvalue weighted by molar-refractivity contribution is 6.43. The largest absolute Gasteiger partial charge is 0.473 e. The third kappa shape index (κ3) is 5.28. The van der Waals surface area contributed by atoms with Crippen molar-refractivity contribution in [3.63, 3.8) is 0 Å². The second kappa shape index (κ2) is 7.98. The van der Waals surface area contributed by atoms with Crippen molar-refractivity contribution in [3.05, 3.63) is 57.6 Å². The molecule has 0 aliphatic rings. The number of hydrogen-bond donors (Lipinski definition) is 2. The van der Waals surface area contributed by atoms with E-state index in [4.69, 9.17) is 27.9 Å². The Morgan fingerprint density at radius 3 is 2.56 bits per heavy atom. The number of rotatable bonds is 4. The number of ether oxygens (including phenoxy) is 1. The molecule has 2 aromatic rings. The minimum Gasteiger partial charge on any atom is -0.473 e. The first-order chi connectivity index (χ1) is 11.7. The predicted octanol–water partition coefficient (Wildman–Crippen LogP) is 5.76. The van der Waals surface area contributed by atoms with Gasteiger partial charge in [0.05, 0.1) is 15.7 Å². The molecular formula is C19H22Cl2N2O2. The molecule has 6 heteroatoms. The smallest absolute Gasteiger partial charge is 0.321 e. The minimum absolute atomic E-state index is 0.0379. The van der Waals surface area contributed by atoms with Gasteiger partial charge in [0.15, 0.2) is 6.73 Å². The fraction of sp³-hybridized carbons (Fsp3) is 0.316. The number of nitrogens with one attached hydrogen (secondary N) is 2. The van der Waals surface area contributed by atoms with Crippen LogP contribution >= 0.6 is 23.2 Å². The highest BCUT2D eigenvalue weighted by atomic mass is 35.5. The first-order valence-electron chi connectivity index (χ1n) is 7.91. The second-order valence-electron chi connectivity index (χ2n) is 6.77. The van der Waals surface area contributed by atoms with Gasteiger partial charge in [-0.05, 0) is 36.1 Å². The van der Waals surface area contributed by atoms with Crippen molar-refractivity contribution >= 4 is 34.9 Å². The molecule has 2 rings (SSSR count). The summed E-state index contributed by atoms with van der Waals surface area (Å²) in [5.41, 5.74) is 2.64. The molecular weight excluding hydrogens is 359 g/mol. The minimum atomic E-state index is -0.423. The van der Waals surface area contributed by atoms with Gasteiger partial charge in [-0.15, -0.1) is 0 Å². The maximum atomic E-state index is 12.0. The number of urea groups is 1. The van der Waals surface area contributed by atoms with Crippen LogP contribution in [0.2, 0.25) is 10.0 Å². The summed E-state index contributed by atoms with van der Waals surface area (Å²) in [5, 5.41) is 5.97. The summed E-state index contributed by atoms with van der Waals surface area (Å²) in [7, 11) is 0. The highest BCUT2D eigenvalue weighted by Gasteiger charge is 2.19. The van der Waals surface area contributed by atoms with Gasteiger partial charge in [-0.3, -0.25) is 0 Å². The summed E-state index contributed by atoms with van der Waals surface area (Å²) < 4.78 is 5.75. The Balaban J connectivity index is 1.97. The van der Waals surface area contributed by atoms with Gasteiger partial charge >= 0.3 is 6.03 Å². The molecule has 0 saturated heterocycles. The van der Waals surface area contributed by atoms with Crippen molar-refractivity contribution in [2.24, 2.45) is 0 Å². The SMILES string of the molecule is Cc1ccc(OCNC(=O)Nc2cccc(Cl)c2Cl)c(C(C)(C)C)c1. The van der Waals surface area contributed by atoms with Gasteiger partial charge in [-0.1, -0.05) is 67.7 Å². The van der Waals surface area contributed by atoms with Crippen molar-refractivity contribution in [1.29, 1.82) is 0 Å². The first kappa shape index (κ1) is 19.4. The number of halogens is 2. The quantitative estimate of drug-likeness (QED) is 0.662. The molecule has 0 heterocycles. The summed E-state index contributed by atoms with van der Waals surface area (Å²) in [6.45, 7) is 8.44. The molecule has 0 atom stereocenters. The number of carbonyl (C=O) groups is 1. The molecule has 2 amide bonds. The van der Waals surface area contributed by atoms with Crippen LogP contribution in [-0.2, 0) is 5.41 Å². The molecule has 2 aromatic carbocycles. The van der Waals surface area contributed by atoms with E-state index in [-0.39, 0.29) is 12.1 Å². The monoisotopic (exact) mass is 380 g/mol. The van der Waals surface area contributed by atoms with Crippen LogP contribution in [0.5, 0.6) is 5.75 Å². The summed E-state index contributed by atoms with van der Waals surface area (Å²) in [6, 6.07) is 10.6. The Labute approximate surface area is 158 Å². The lowest BCUT2D eigenvalue weighted by atomic mass is 9.85. The highest BCUT2D eigenvalue weighted by Crippen LogP contribution is 2.32. The van der Waals surface area contributed by atoms with E-state index >= 15 is 0 Å². The average molecular weight is 381 g/mol. The van der Waals surface area contributed by atoms with Crippen molar-refractivity contribution < 1.29 is 9.53 Å². The Kier molecular flexibility index (Phi) is 6.20. The lowest BCUT2D eigenvalue weighted by molar-refractivity contribution is 0.233. The molecule has 0 radical (unpaired) electrons. The molecule has 0 spiro atoms. The predicted molar refractivity (Wildman–Crippen MR) is 104 cm³/mol.